The van der Waals surface area contributed by atoms with E-state index in [0.29, 0.717) is 17.2 Å². The van der Waals surface area contributed by atoms with Crippen molar-refractivity contribution in [1.82, 2.24) is 15.3 Å². The number of halogens is 1. The number of nitrogens with one attached hydrogen (secondary N) is 1. The second kappa shape index (κ2) is 5.19. The van der Waals surface area contributed by atoms with E-state index in [9.17, 15) is 0 Å². The van der Waals surface area contributed by atoms with Gasteiger partial charge >= 0.3 is 0 Å². The molecule has 1 aromatic heterocycles. The summed E-state index contributed by atoms with van der Waals surface area (Å²) in [6, 6.07) is 3.81. The van der Waals surface area contributed by atoms with Crippen LogP contribution in [0.3, 0.4) is 0 Å². The lowest BCUT2D eigenvalue weighted by molar-refractivity contribution is 0.176. The molecule has 118 valence electrons. The van der Waals surface area contributed by atoms with Crippen molar-refractivity contribution >= 4 is 28.6 Å². The molecule has 1 atom stereocenters. The van der Waals surface area contributed by atoms with E-state index in [1.165, 1.54) is 0 Å². The molecule has 3 N–H and O–H groups in total. The molecule has 1 unspecified atom stereocenters. The van der Waals surface area contributed by atoms with Gasteiger partial charge in [0, 0.05) is 30.7 Å². The Kier molecular flexibility index (Phi) is 3.26. The molecule has 0 saturated heterocycles. The summed E-state index contributed by atoms with van der Waals surface area (Å²) in [5.41, 5.74) is 14.3. The minimum absolute atomic E-state index is 0.358. The van der Waals surface area contributed by atoms with Crippen LogP contribution in [0.5, 0.6) is 5.75 Å². The maximum Gasteiger partial charge on any atom is 0.156 e. The summed E-state index contributed by atoms with van der Waals surface area (Å²) >= 11 is 6.45. The fourth-order valence-electron chi connectivity index (χ4n) is 2.93. The number of allylic oxidation sites excluding steroid dienone is 1. The summed E-state index contributed by atoms with van der Waals surface area (Å²) < 4.78 is 1.78. The smallest absolute Gasteiger partial charge is 0.156 e. The summed E-state index contributed by atoms with van der Waals surface area (Å²) in [6.45, 7) is 2.00. The van der Waals surface area contributed by atoms with Crippen molar-refractivity contribution in [3.05, 3.63) is 46.2 Å². The zero-order valence-corrected chi connectivity index (χ0v) is 13.6. The van der Waals surface area contributed by atoms with Crippen molar-refractivity contribution in [3.8, 4) is 5.75 Å². The summed E-state index contributed by atoms with van der Waals surface area (Å²) in [6.07, 6.45) is 4.14. The fraction of sp³-hybridized carbons (Fsp3) is 0.250. The molecule has 0 radical (unpaired) electrons. The zero-order valence-electron chi connectivity index (χ0n) is 12.8. The number of fused-ring (bicyclic) bond motifs is 2. The van der Waals surface area contributed by atoms with Gasteiger partial charge in [-0.25, -0.2) is 4.99 Å². The number of hydroxylamine groups is 1. The van der Waals surface area contributed by atoms with Gasteiger partial charge in [-0.2, -0.15) is 5.10 Å². The maximum absolute atomic E-state index is 6.45. The van der Waals surface area contributed by atoms with Crippen LogP contribution in [0.2, 0.25) is 5.02 Å². The molecule has 3 heterocycles. The van der Waals surface area contributed by atoms with Crippen molar-refractivity contribution in [3.63, 3.8) is 0 Å². The van der Waals surface area contributed by atoms with E-state index in [1.54, 1.807) is 10.7 Å². The predicted octanol–water partition coefficient (Wildman–Crippen LogP) is 2.34. The summed E-state index contributed by atoms with van der Waals surface area (Å²) in [7, 11) is 1.89. The molecule has 0 saturated carbocycles. The number of nitrogens with zero attached hydrogens (tertiary/aromatic N) is 3. The topological polar surface area (TPSA) is 77.5 Å². The second-order valence-electron chi connectivity index (χ2n) is 5.79. The number of nitrogens with two attached hydrogens (primary N) is 1. The second-order valence-corrected chi connectivity index (χ2v) is 6.20. The van der Waals surface area contributed by atoms with Gasteiger partial charge in [0.25, 0.3) is 0 Å². The van der Waals surface area contributed by atoms with Crippen LogP contribution in [-0.4, -0.2) is 21.7 Å². The molecule has 0 amide bonds. The number of aryl methyl sites for hydroxylation is 1. The van der Waals surface area contributed by atoms with E-state index in [1.807, 2.05) is 32.3 Å². The fourth-order valence-corrected chi connectivity index (χ4v) is 3.20. The Hall–Kier alpha value is -2.15. The van der Waals surface area contributed by atoms with Gasteiger partial charge in [0.05, 0.1) is 22.6 Å². The van der Waals surface area contributed by atoms with Crippen molar-refractivity contribution in [2.24, 2.45) is 17.8 Å². The molecule has 6 nitrogen and oxygen atoms in total. The first kappa shape index (κ1) is 14.4. The Morgan fingerprint density at radius 3 is 3.00 bits per heavy atom. The van der Waals surface area contributed by atoms with Gasteiger partial charge < -0.3 is 10.6 Å². The number of benzene rings is 1. The Morgan fingerprint density at radius 1 is 1.39 bits per heavy atom. The number of aliphatic imine (C=N–C) groups is 1. The van der Waals surface area contributed by atoms with Gasteiger partial charge in [-0.1, -0.05) is 11.6 Å². The van der Waals surface area contributed by atoms with Gasteiger partial charge in [-0.3, -0.25) is 4.68 Å². The monoisotopic (exact) mass is 329 g/mol. The van der Waals surface area contributed by atoms with Crippen LogP contribution in [-0.2, 0) is 13.5 Å². The number of rotatable bonds is 1. The number of hydrogen-bond donors (Lipinski definition) is 2. The summed E-state index contributed by atoms with van der Waals surface area (Å²) in [5.74, 6) is 0.663. The molecule has 4 rings (SSSR count). The van der Waals surface area contributed by atoms with Crippen LogP contribution in [0, 0.1) is 0 Å². The van der Waals surface area contributed by atoms with E-state index in [0.717, 1.165) is 33.8 Å². The highest BCUT2D eigenvalue weighted by Crippen LogP contribution is 2.36. The van der Waals surface area contributed by atoms with Crippen LogP contribution in [0.15, 0.2) is 29.4 Å². The van der Waals surface area contributed by atoms with Crippen LogP contribution < -0.4 is 16.1 Å². The Balaban J connectivity index is 1.79. The molecular weight excluding hydrogens is 314 g/mol. The van der Waals surface area contributed by atoms with E-state index in [4.69, 9.17) is 22.2 Å². The first-order chi connectivity index (χ1) is 11.0. The van der Waals surface area contributed by atoms with Crippen LogP contribution in [0.25, 0.3) is 5.57 Å². The third-order valence-electron chi connectivity index (χ3n) is 4.01. The molecule has 2 aliphatic rings. The van der Waals surface area contributed by atoms with Crippen molar-refractivity contribution in [1.29, 1.82) is 0 Å². The Labute approximate surface area is 138 Å². The zero-order chi connectivity index (χ0) is 16.1. The molecule has 2 aliphatic heterocycles. The van der Waals surface area contributed by atoms with Crippen molar-refractivity contribution in [2.45, 2.75) is 19.5 Å². The van der Waals surface area contributed by atoms with Crippen LogP contribution in [0.4, 0.5) is 5.69 Å². The van der Waals surface area contributed by atoms with Crippen molar-refractivity contribution in [2.75, 3.05) is 0 Å². The van der Waals surface area contributed by atoms with Crippen molar-refractivity contribution < 1.29 is 4.84 Å². The van der Waals surface area contributed by atoms with Crippen LogP contribution >= 0.6 is 11.6 Å². The lowest BCUT2D eigenvalue weighted by Crippen LogP contribution is -2.37. The quantitative estimate of drug-likeness (QED) is 0.841. The predicted molar refractivity (Wildman–Crippen MR) is 90.0 cm³/mol. The SMILES string of the molecule is CC1=CC(N)NOc2cc(Cl)c(C3=Nc4cn(C)nc4C3)cc21. The molecule has 0 spiro atoms. The summed E-state index contributed by atoms with van der Waals surface area (Å²) in [5, 5.41) is 5.02. The third kappa shape index (κ3) is 2.45. The lowest BCUT2D eigenvalue weighted by Gasteiger charge is -2.12. The van der Waals surface area contributed by atoms with E-state index in [2.05, 4.69) is 15.6 Å². The maximum atomic E-state index is 6.45. The van der Waals surface area contributed by atoms with Crippen LogP contribution in [0.1, 0.15) is 23.7 Å². The molecule has 0 aliphatic carbocycles. The standard InChI is InChI=1S/C16H16ClN5O/c1-8-3-16(18)21-23-15-5-11(17)10(4-9(8)15)12-6-13-14(19-12)7-22(2)20-13/h3-5,7,16,21H,6,18H2,1-2H3. The van der Waals surface area contributed by atoms with Gasteiger partial charge in [-0.05, 0) is 24.6 Å². The van der Waals surface area contributed by atoms with E-state index < -0.39 is 0 Å². The highest BCUT2D eigenvalue weighted by molar-refractivity contribution is 6.35. The van der Waals surface area contributed by atoms with Gasteiger partial charge in [-0.15, -0.1) is 5.48 Å². The highest BCUT2D eigenvalue weighted by atomic mass is 35.5. The lowest BCUT2D eigenvalue weighted by atomic mass is 9.99. The largest absolute Gasteiger partial charge is 0.406 e. The molecule has 2 aromatic rings. The van der Waals surface area contributed by atoms with E-state index >= 15 is 0 Å². The average molecular weight is 330 g/mol. The molecule has 0 bridgehead atoms. The highest BCUT2D eigenvalue weighted by Gasteiger charge is 2.23. The normalized spacial score (nSPS) is 19.4. The van der Waals surface area contributed by atoms with E-state index in [-0.39, 0.29) is 6.17 Å². The molecule has 7 heteroatoms. The Bertz CT molecular complexity index is 868. The minimum atomic E-state index is -0.358. The van der Waals surface area contributed by atoms with Gasteiger partial charge in [0.1, 0.15) is 11.9 Å². The number of aromatic nitrogens is 2. The average Bonchev–Trinajstić information content (AvgIpc) is 2.97. The molecule has 1 aromatic carbocycles. The molecule has 0 fully saturated rings. The first-order valence-corrected chi connectivity index (χ1v) is 7.70. The third-order valence-corrected chi connectivity index (χ3v) is 4.33. The minimum Gasteiger partial charge on any atom is -0.406 e. The number of hydrogen-bond acceptors (Lipinski definition) is 5. The molecular formula is C16H16ClN5O. The Morgan fingerprint density at radius 2 is 2.22 bits per heavy atom. The van der Waals surface area contributed by atoms with Gasteiger partial charge in [0.15, 0.2) is 5.75 Å². The summed E-state index contributed by atoms with van der Waals surface area (Å²) in [4.78, 5) is 10.2. The first-order valence-electron chi connectivity index (χ1n) is 7.32. The molecule has 23 heavy (non-hydrogen) atoms. The van der Waals surface area contributed by atoms with Gasteiger partial charge in [0.2, 0.25) is 0 Å².